The number of anilines is 1. The lowest BCUT2D eigenvalue weighted by molar-refractivity contribution is 0.0756. The molecule has 1 aromatic heterocycles. The molecule has 1 unspecified atom stereocenters. The first-order valence-corrected chi connectivity index (χ1v) is 7.76. The van der Waals surface area contributed by atoms with Crippen molar-refractivity contribution >= 4 is 23.3 Å². The van der Waals surface area contributed by atoms with Gasteiger partial charge >= 0.3 is 0 Å². The van der Waals surface area contributed by atoms with Crippen LogP contribution in [0.3, 0.4) is 0 Å². The van der Waals surface area contributed by atoms with Crippen LogP contribution in [0.5, 0.6) is 0 Å². The summed E-state index contributed by atoms with van der Waals surface area (Å²) in [5, 5.41) is 3.50. The van der Waals surface area contributed by atoms with Crippen LogP contribution in [0.25, 0.3) is 0 Å². The summed E-state index contributed by atoms with van der Waals surface area (Å²) in [5.74, 6) is 0.552. The molecule has 0 saturated carbocycles. The van der Waals surface area contributed by atoms with Gasteiger partial charge in [0.25, 0.3) is 5.91 Å². The van der Waals surface area contributed by atoms with Gasteiger partial charge in [0.05, 0.1) is 5.02 Å². The molecule has 1 fully saturated rings. The van der Waals surface area contributed by atoms with E-state index in [0.717, 1.165) is 19.5 Å². The smallest absolute Gasteiger partial charge is 0.273 e. The fraction of sp³-hybridized carbons (Fsp3) is 0.600. The van der Waals surface area contributed by atoms with Crippen molar-refractivity contribution < 1.29 is 4.79 Å². The molecule has 0 radical (unpaired) electrons. The summed E-state index contributed by atoms with van der Waals surface area (Å²) in [6.45, 7) is 4.55. The van der Waals surface area contributed by atoms with Crippen molar-refractivity contribution in [1.82, 2.24) is 14.8 Å². The first kappa shape index (κ1) is 16.0. The Balaban J connectivity index is 2.09. The molecular weight excluding hydrogens is 288 g/mol. The Labute approximate surface area is 131 Å². The number of likely N-dealkylation sites (N-methyl/N-ethyl adjacent to an activating group) is 2. The van der Waals surface area contributed by atoms with Crippen molar-refractivity contribution in [2.75, 3.05) is 39.0 Å². The van der Waals surface area contributed by atoms with Crippen LogP contribution in [-0.4, -0.2) is 60.5 Å². The lowest BCUT2D eigenvalue weighted by atomic mass is 10.2. The molecule has 1 amide bonds. The molecule has 2 rings (SSSR count). The second-order valence-electron chi connectivity index (χ2n) is 5.52. The van der Waals surface area contributed by atoms with Crippen molar-refractivity contribution in [3.63, 3.8) is 0 Å². The van der Waals surface area contributed by atoms with Crippen molar-refractivity contribution in [3.05, 3.63) is 22.8 Å². The Morgan fingerprint density at radius 3 is 2.95 bits per heavy atom. The molecule has 6 heteroatoms. The second-order valence-corrected chi connectivity index (χ2v) is 5.93. The number of carbonyl (C=O) groups is 1. The number of nitrogens with zero attached hydrogens (tertiary/aromatic N) is 3. The van der Waals surface area contributed by atoms with E-state index in [1.54, 1.807) is 17.0 Å². The van der Waals surface area contributed by atoms with Gasteiger partial charge in [-0.05, 0) is 45.5 Å². The second kappa shape index (κ2) is 7.09. The zero-order valence-corrected chi connectivity index (χ0v) is 13.7. The number of hydrogen-bond acceptors (Lipinski definition) is 4. The maximum Gasteiger partial charge on any atom is 0.273 e. The number of amides is 1. The Hall–Kier alpha value is -1.33. The molecule has 2 heterocycles. The summed E-state index contributed by atoms with van der Waals surface area (Å²) in [6.07, 6.45) is 2.32. The van der Waals surface area contributed by atoms with Crippen molar-refractivity contribution in [1.29, 1.82) is 0 Å². The lowest BCUT2D eigenvalue weighted by Crippen LogP contribution is -2.39. The molecule has 1 N–H and O–H groups in total. The van der Waals surface area contributed by atoms with E-state index in [2.05, 4.69) is 22.2 Å². The first-order chi connectivity index (χ1) is 10.0. The van der Waals surface area contributed by atoms with E-state index >= 15 is 0 Å². The third-order valence-electron chi connectivity index (χ3n) is 3.91. The summed E-state index contributed by atoms with van der Waals surface area (Å²) in [6, 6.07) is 3.93. The van der Waals surface area contributed by atoms with Crippen LogP contribution in [-0.2, 0) is 0 Å². The summed E-state index contributed by atoms with van der Waals surface area (Å²) in [7, 11) is 3.92. The lowest BCUT2D eigenvalue weighted by Gasteiger charge is -2.26. The number of carbonyl (C=O) groups excluding carboxylic acids is 1. The molecule has 1 atom stereocenters. The van der Waals surface area contributed by atoms with E-state index < -0.39 is 0 Å². The van der Waals surface area contributed by atoms with Gasteiger partial charge in [-0.3, -0.25) is 4.79 Å². The normalized spacial score (nSPS) is 18.8. The SMILES string of the molecule is CCNc1ccc(Cl)c(C(=O)N(C)CC2CCCN2C)n1. The van der Waals surface area contributed by atoms with E-state index in [0.29, 0.717) is 29.1 Å². The third kappa shape index (κ3) is 3.86. The average molecular weight is 311 g/mol. The summed E-state index contributed by atoms with van der Waals surface area (Å²) >= 11 is 6.13. The van der Waals surface area contributed by atoms with Crippen LogP contribution in [0.4, 0.5) is 5.82 Å². The van der Waals surface area contributed by atoms with Gasteiger partial charge in [-0.1, -0.05) is 11.6 Å². The van der Waals surface area contributed by atoms with E-state index in [1.165, 1.54) is 6.42 Å². The van der Waals surface area contributed by atoms with E-state index in [4.69, 9.17) is 11.6 Å². The summed E-state index contributed by atoms with van der Waals surface area (Å²) < 4.78 is 0. The van der Waals surface area contributed by atoms with E-state index in [9.17, 15) is 4.79 Å². The predicted octanol–water partition coefficient (Wildman–Crippen LogP) is 2.33. The Kier molecular flexibility index (Phi) is 5.42. The number of rotatable bonds is 5. The van der Waals surface area contributed by atoms with Crippen molar-refractivity contribution in [3.8, 4) is 0 Å². The van der Waals surface area contributed by atoms with E-state index in [1.807, 2.05) is 14.0 Å². The molecular formula is C15H23ClN4O. The largest absolute Gasteiger partial charge is 0.370 e. The molecule has 0 aromatic carbocycles. The standard InChI is InChI=1S/C15H23ClN4O/c1-4-17-13-8-7-12(16)14(18-13)15(21)20(3)10-11-6-5-9-19(11)2/h7-8,11H,4-6,9-10H2,1-3H3,(H,17,18). The fourth-order valence-electron chi connectivity index (χ4n) is 2.66. The average Bonchev–Trinajstić information content (AvgIpc) is 2.86. The number of nitrogens with one attached hydrogen (secondary N) is 1. The highest BCUT2D eigenvalue weighted by Crippen LogP contribution is 2.20. The van der Waals surface area contributed by atoms with Gasteiger partial charge in [-0.2, -0.15) is 0 Å². The van der Waals surface area contributed by atoms with Crippen molar-refractivity contribution in [2.24, 2.45) is 0 Å². The summed E-state index contributed by atoms with van der Waals surface area (Å²) in [5.41, 5.74) is 0.318. The van der Waals surface area contributed by atoms with Gasteiger partial charge in [0.1, 0.15) is 11.5 Å². The number of hydrogen-bond donors (Lipinski definition) is 1. The maximum absolute atomic E-state index is 12.5. The fourth-order valence-corrected chi connectivity index (χ4v) is 2.85. The minimum absolute atomic E-state index is 0.125. The highest BCUT2D eigenvalue weighted by atomic mass is 35.5. The molecule has 0 aliphatic carbocycles. The molecule has 1 aliphatic heterocycles. The van der Waals surface area contributed by atoms with Gasteiger partial charge in [0.15, 0.2) is 0 Å². The topological polar surface area (TPSA) is 48.5 Å². The van der Waals surface area contributed by atoms with Crippen molar-refractivity contribution in [2.45, 2.75) is 25.8 Å². The first-order valence-electron chi connectivity index (χ1n) is 7.39. The maximum atomic E-state index is 12.5. The zero-order valence-electron chi connectivity index (χ0n) is 12.9. The van der Waals surface area contributed by atoms with Crippen LogP contribution < -0.4 is 5.32 Å². The van der Waals surface area contributed by atoms with Crippen LogP contribution >= 0.6 is 11.6 Å². The quantitative estimate of drug-likeness (QED) is 0.907. The van der Waals surface area contributed by atoms with Gasteiger partial charge < -0.3 is 15.1 Å². The highest BCUT2D eigenvalue weighted by Gasteiger charge is 2.25. The molecule has 1 aliphatic rings. The number of aromatic nitrogens is 1. The molecule has 0 bridgehead atoms. The number of likely N-dealkylation sites (tertiary alicyclic amines) is 1. The number of pyridine rings is 1. The predicted molar refractivity (Wildman–Crippen MR) is 86.0 cm³/mol. The van der Waals surface area contributed by atoms with E-state index in [-0.39, 0.29) is 5.91 Å². The van der Waals surface area contributed by atoms with Gasteiger partial charge in [0, 0.05) is 26.2 Å². The highest BCUT2D eigenvalue weighted by molar-refractivity contribution is 6.33. The third-order valence-corrected chi connectivity index (χ3v) is 4.21. The Morgan fingerprint density at radius 1 is 1.57 bits per heavy atom. The Morgan fingerprint density at radius 2 is 2.33 bits per heavy atom. The van der Waals surface area contributed by atoms with Crippen LogP contribution in [0, 0.1) is 0 Å². The molecule has 116 valence electrons. The summed E-state index contributed by atoms with van der Waals surface area (Å²) in [4.78, 5) is 20.9. The number of halogens is 1. The molecule has 5 nitrogen and oxygen atoms in total. The van der Waals surface area contributed by atoms with Crippen LogP contribution in [0.1, 0.15) is 30.3 Å². The molecule has 1 aromatic rings. The molecule has 1 saturated heterocycles. The van der Waals surface area contributed by atoms with Crippen LogP contribution in [0.15, 0.2) is 12.1 Å². The Bertz CT molecular complexity index is 508. The molecule has 21 heavy (non-hydrogen) atoms. The minimum atomic E-state index is -0.125. The molecule has 0 spiro atoms. The van der Waals surface area contributed by atoms with Gasteiger partial charge in [-0.25, -0.2) is 4.98 Å². The monoisotopic (exact) mass is 310 g/mol. The van der Waals surface area contributed by atoms with Crippen LogP contribution in [0.2, 0.25) is 5.02 Å². The van der Waals surface area contributed by atoms with Gasteiger partial charge in [-0.15, -0.1) is 0 Å². The van der Waals surface area contributed by atoms with Gasteiger partial charge in [0.2, 0.25) is 0 Å². The minimum Gasteiger partial charge on any atom is -0.370 e. The zero-order chi connectivity index (χ0) is 15.4.